The molecule has 1 aromatic rings. The molecule has 1 N–H and O–H groups in total. The monoisotopic (exact) mass is 283 g/mol. The standard InChI is InChI=1S/C15H22ClNO2/c1-3-17-15(12-7-8-18-10-12)11(2)19-14-6-4-5-13(16)9-14/h4-6,9,11-12,15,17H,3,7-8,10H2,1-2H3. The van der Waals surface area contributed by atoms with E-state index < -0.39 is 0 Å². The molecule has 1 heterocycles. The predicted molar refractivity (Wildman–Crippen MR) is 77.9 cm³/mol. The molecule has 0 aromatic heterocycles. The average Bonchev–Trinajstić information content (AvgIpc) is 2.89. The normalized spacial score (nSPS) is 22.2. The number of halogens is 1. The van der Waals surface area contributed by atoms with Crippen LogP contribution in [-0.4, -0.2) is 31.9 Å². The zero-order chi connectivity index (χ0) is 13.7. The van der Waals surface area contributed by atoms with Gasteiger partial charge >= 0.3 is 0 Å². The van der Waals surface area contributed by atoms with Crippen molar-refractivity contribution in [3.05, 3.63) is 29.3 Å². The highest BCUT2D eigenvalue weighted by molar-refractivity contribution is 6.30. The molecule has 0 spiro atoms. The zero-order valence-electron chi connectivity index (χ0n) is 11.6. The first-order valence-corrected chi connectivity index (χ1v) is 7.32. The predicted octanol–water partition coefficient (Wildman–Crippen LogP) is 3.12. The van der Waals surface area contributed by atoms with Crippen molar-refractivity contribution >= 4 is 11.6 Å². The van der Waals surface area contributed by atoms with E-state index in [1.807, 2.05) is 24.3 Å². The maximum atomic E-state index is 6.02. The van der Waals surface area contributed by atoms with Crippen LogP contribution < -0.4 is 10.1 Å². The van der Waals surface area contributed by atoms with Gasteiger partial charge in [0.1, 0.15) is 11.9 Å². The summed E-state index contributed by atoms with van der Waals surface area (Å²) < 4.78 is 11.5. The summed E-state index contributed by atoms with van der Waals surface area (Å²) in [5.74, 6) is 1.34. The van der Waals surface area contributed by atoms with Crippen LogP contribution in [-0.2, 0) is 4.74 Å². The molecular formula is C15H22ClNO2. The van der Waals surface area contributed by atoms with Crippen LogP contribution in [0.3, 0.4) is 0 Å². The second-order valence-electron chi connectivity index (χ2n) is 4.99. The molecule has 0 aliphatic carbocycles. The first-order chi connectivity index (χ1) is 9.20. The minimum absolute atomic E-state index is 0.0881. The number of likely N-dealkylation sites (N-methyl/N-ethyl adjacent to an activating group) is 1. The summed E-state index contributed by atoms with van der Waals surface area (Å²) in [5, 5.41) is 4.22. The maximum absolute atomic E-state index is 6.02. The van der Waals surface area contributed by atoms with Gasteiger partial charge in [-0.05, 0) is 38.1 Å². The number of nitrogens with one attached hydrogen (secondary N) is 1. The van der Waals surface area contributed by atoms with Crippen LogP contribution in [0, 0.1) is 5.92 Å². The molecule has 3 unspecified atom stereocenters. The first kappa shape index (κ1) is 14.6. The van der Waals surface area contributed by atoms with Gasteiger partial charge in [0.2, 0.25) is 0 Å². The van der Waals surface area contributed by atoms with Crippen molar-refractivity contribution in [1.29, 1.82) is 0 Å². The van der Waals surface area contributed by atoms with E-state index in [1.165, 1.54) is 0 Å². The molecule has 0 saturated carbocycles. The van der Waals surface area contributed by atoms with Crippen molar-refractivity contribution in [2.24, 2.45) is 5.92 Å². The van der Waals surface area contributed by atoms with E-state index in [-0.39, 0.29) is 6.10 Å². The van der Waals surface area contributed by atoms with Gasteiger partial charge in [0, 0.05) is 23.6 Å². The zero-order valence-corrected chi connectivity index (χ0v) is 12.3. The highest BCUT2D eigenvalue weighted by Crippen LogP contribution is 2.24. The molecule has 0 radical (unpaired) electrons. The van der Waals surface area contributed by atoms with Crippen molar-refractivity contribution in [2.45, 2.75) is 32.4 Å². The van der Waals surface area contributed by atoms with Crippen LogP contribution in [0.15, 0.2) is 24.3 Å². The Bertz CT molecular complexity index is 393. The van der Waals surface area contributed by atoms with E-state index in [0.29, 0.717) is 17.0 Å². The van der Waals surface area contributed by atoms with Gasteiger partial charge in [0.05, 0.1) is 6.61 Å². The van der Waals surface area contributed by atoms with Crippen molar-refractivity contribution in [3.8, 4) is 5.75 Å². The number of hydrogen-bond donors (Lipinski definition) is 1. The first-order valence-electron chi connectivity index (χ1n) is 6.94. The highest BCUT2D eigenvalue weighted by Gasteiger charge is 2.30. The van der Waals surface area contributed by atoms with Crippen LogP contribution in [0.25, 0.3) is 0 Å². The molecular weight excluding hydrogens is 262 g/mol. The molecule has 1 aromatic carbocycles. The van der Waals surface area contributed by atoms with Crippen LogP contribution in [0.4, 0.5) is 0 Å². The fourth-order valence-electron chi connectivity index (χ4n) is 2.62. The third-order valence-corrected chi connectivity index (χ3v) is 3.77. The molecule has 1 saturated heterocycles. The third kappa shape index (κ3) is 4.10. The molecule has 0 bridgehead atoms. The largest absolute Gasteiger partial charge is 0.489 e. The number of rotatable bonds is 6. The lowest BCUT2D eigenvalue weighted by Crippen LogP contribution is -2.47. The van der Waals surface area contributed by atoms with Gasteiger partial charge in [-0.25, -0.2) is 0 Å². The maximum Gasteiger partial charge on any atom is 0.121 e. The van der Waals surface area contributed by atoms with Crippen LogP contribution in [0.5, 0.6) is 5.75 Å². The Kier molecular flexibility index (Phi) is 5.49. The summed E-state index contributed by atoms with van der Waals surface area (Å²) in [6.07, 6.45) is 1.19. The number of hydrogen-bond acceptors (Lipinski definition) is 3. The molecule has 2 rings (SSSR count). The van der Waals surface area contributed by atoms with Crippen molar-refractivity contribution in [1.82, 2.24) is 5.32 Å². The lowest BCUT2D eigenvalue weighted by molar-refractivity contribution is 0.119. The summed E-state index contributed by atoms with van der Waals surface area (Å²) in [6.45, 7) is 6.84. The van der Waals surface area contributed by atoms with E-state index in [2.05, 4.69) is 19.2 Å². The second kappa shape index (κ2) is 7.13. The molecule has 19 heavy (non-hydrogen) atoms. The summed E-state index contributed by atoms with van der Waals surface area (Å²) in [7, 11) is 0. The van der Waals surface area contributed by atoms with Crippen molar-refractivity contribution in [3.63, 3.8) is 0 Å². The van der Waals surface area contributed by atoms with Gasteiger partial charge in [0.15, 0.2) is 0 Å². The van der Waals surface area contributed by atoms with Gasteiger partial charge in [0.25, 0.3) is 0 Å². The molecule has 4 heteroatoms. The Morgan fingerprint density at radius 2 is 2.37 bits per heavy atom. The Morgan fingerprint density at radius 1 is 1.53 bits per heavy atom. The number of benzene rings is 1. The Balaban J connectivity index is 2.00. The van der Waals surface area contributed by atoms with Gasteiger partial charge in [-0.1, -0.05) is 24.6 Å². The Labute approximate surface area is 120 Å². The van der Waals surface area contributed by atoms with E-state index in [1.54, 1.807) is 0 Å². The van der Waals surface area contributed by atoms with Crippen LogP contribution in [0.1, 0.15) is 20.3 Å². The fraction of sp³-hybridized carbons (Fsp3) is 0.600. The SMILES string of the molecule is CCNC(C1CCOC1)C(C)Oc1cccc(Cl)c1. The molecule has 1 aliphatic heterocycles. The molecule has 3 atom stereocenters. The smallest absolute Gasteiger partial charge is 0.121 e. The summed E-state index contributed by atoms with van der Waals surface area (Å²) in [5.41, 5.74) is 0. The number of ether oxygens (including phenoxy) is 2. The molecule has 0 amide bonds. The summed E-state index contributed by atoms with van der Waals surface area (Å²) in [6, 6.07) is 7.87. The third-order valence-electron chi connectivity index (χ3n) is 3.54. The van der Waals surface area contributed by atoms with Gasteiger partial charge in [-0.15, -0.1) is 0 Å². The molecule has 106 valence electrons. The van der Waals surface area contributed by atoms with Crippen molar-refractivity contribution < 1.29 is 9.47 Å². The van der Waals surface area contributed by atoms with E-state index >= 15 is 0 Å². The second-order valence-corrected chi connectivity index (χ2v) is 5.42. The lowest BCUT2D eigenvalue weighted by Gasteiger charge is -2.29. The minimum atomic E-state index is 0.0881. The lowest BCUT2D eigenvalue weighted by atomic mass is 9.94. The highest BCUT2D eigenvalue weighted by atomic mass is 35.5. The van der Waals surface area contributed by atoms with Crippen LogP contribution in [0.2, 0.25) is 5.02 Å². The Hall–Kier alpha value is -0.770. The average molecular weight is 284 g/mol. The summed E-state index contributed by atoms with van der Waals surface area (Å²) in [4.78, 5) is 0. The van der Waals surface area contributed by atoms with Gasteiger partial charge < -0.3 is 14.8 Å². The van der Waals surface area contributed by atoms with Gasteiger partial charge in [-0.3, -0.25) is 0 Å². The molecule has 3 nitrogen and oxygen atoms in total. The topological polar surface area (TPSA) is 30.5 Å². The molecule has 1 fully saturated rings. The van der Waals surface area contributed by atoms with Gasteiger partial charge in [-0.2, -0.15) is 0 Å². The van der Waals surface area contributed by atoms with E-state index in [4.69, 9.17) is 21.1 Å². The minimum Gasteiger partial charge on any atom is -0.489 e. The Morgan fingerprint density at radius 3 is 3.00 bits per heavy atom. The van der Waals surface area contributed by atoms with E-state index in [9.17, 15) is 0 Å². The van der Waals surface area contributed by atoms with Crippen LogP contribution >= 0.6 is 11.6 Å². The quantitative estimate of drug-likeness (QED) is 0.870. The fourth-order valence-corrected chi connectivity index (χ4v) is 2.80. The van der Waals surface area contributed by atoms with E-state index in [0.717, 1.165) is 31.9 Å². The van der Waals surface area contributed by atoms with Crippen molar-refractivity contribution in [2.75, 3.05) is 19.8 Å². The summed E-state index contributed by atoms with van der Waals surface area (Å²) >= 11 is 5.98. The molecule has 1 aliphatic rings.